The molecule has 196 valence electrons. The maximum absolute atomic E-state index is 13.9. The summed E-state index contributed by atoms with van der Waals surface area (Å²) in [7, 11) is 0. The van der Waals surface area contributed by atoms with E-state index in [0.29, 0.717) is 54.2 Å². The minimum Gasteiger partial charge on any atom is -0.490 e. The fourth-order valence-corrected chi connectivity index (χ4v) is 5.23. The van der Waals surface area contributed by atoms with E-state index in [1.807, 2.05) is 55.5 Å². The zero-order valence-electron chi connectivity index (χ0n) is 21.5. The van der Waals surface area contributed by atoms with Gasteiger partial charge in [-0.05, 0) is 61.2 Å². The second-order valence-corrected chi connectivity index (χ2v) is 10.2. The highest BCUT2D eigenvalue weighted by atomic mass is 79.9. The molecule has 7 heteroatoms. The van der Waals surface area contributed by atoms with Crippen molar-refractivity contribution < 1.29 is 18.7 Å². The van der Waals surface area contributed by atoms with Crippen molar-refractivity contribution in [3.05, 3.63) is 104 Å². The van der Waals surface area contributed by atoms with E-state index in [9.17, 15) is 9.59 Å². The molecule has 1 amide bonds. The van der Waals surface area contributed by atoms with Gasteiger partial charge in [0.1, 0.15) is 5.58 Å². The fourth-order valence-electron chi connectivity index (χ4n) is 4.87. The molecule has 0 saturated heterocycles. The van der Waals surface area contributed by atoms with Gasteiger partial charge in [0.05, 0.1) is 30.2 Å². The van der Waals surface area contributed by atoms with Crippen LogP contribution in [0.1, 0.15) is 60.0 Å². The Morgan fingerprint density at radius 2 is 1.76 bits per heavy atom. The first kappa shape index (κ1) is 26.0. The largest absolute Gasteiger partial charge is 0.490 e. The molecular weight excluding hydrogens is 546 g/mol. The van der Waals surface area contributed by atoms with Gasteiger partial charge in [-0.15, -0.1) is 0 Å². The molecule has 0 bridgehead atoms. The van der Waals surface area contributed by atoms with Crippen molar-refractivity contribution in [2.75, 3.05) is 19.8 Å². The predicted molar refractivity (Wildman–Crippen MR) is 151 cm³/mol. The third-order valence-corrected chi connectivity index (χ3v) is 7.24. The van der Waals surface area contributed by atoms with Crippen molar-refractivity contribution >= 4 is 32.8 Å². The SMILES string of the molecule is CCCCOc1ccc(C2c3c(oc4ccc(Br)cc4c3=O)C(=O)N2CCc2ccccc2)cc1OCC. The molecule has 5 rings (SSSR count). The summed E-state index contributed by atoms with van der Waals surface area (Å²) < 4.78 is 18.8. The lowest BCUT2D eigenvalue weighted by Gasteiger charge is -2.26. The third kappa shape index (κ3) is 5.07. The number of nitrogens with zero attached hydrogens (tertiary/aromatic N) is 1. The highest BCUT2D eigenvalue weighted by Crippen LogP contribution is 2.41. The number of carbonyl (C=O) groups is 1. The van der Waals surface area contributed by atoms with Crippen LogP contribution in [0.3, 0.4) is 0 Å². The standard InChI is InChI=1S/C31H30BrNO5/c1-3-5-17-37-25-13-11-21(18-26(25)36-4-2)28-27-29(34)23-19-22(32)12-14-24(23)38-30(27)31(35)33(28)16-15-20-9-7-6-8-10-20/h6-14,18-19,28H,3-5,15-17H2,1-2H3. The van der Waals surface area contributed by atoms with Crippen LogP contribution in [0.5, 0.6) is 11.5 Å². The number of halogens is 1. The molecule has 0 spiro atoms. The smallest absolute Gasteiger partial charge is 0.290 e. The minimum atomic E-state index is -0.607. The summed E-state index contributed by atoms with van der Waals surface area (Å²) >= 11 is 3.45. The molecule has 0 radical (unpaired) electrons. The Balaban J connectivity index is 1.62. The molecule has 0 fully saturated rings. The van der Waals surface area contributed by atoms with Gasteiger partial charge < -0.3 is 18.8 Å². The van der Waals surface area contributed by atoms with Gasteiger partial charge in [-0.2, -0.15) is 0 Å². The Kier molecular flexibility index (Phi) is 7.84. The number of ether oxygens (including phenoxy) is 2. The average Bonchev–Trinajstić information content (AvgIpc) is 3.21. The lowest BCUT2D eigenvalue weighted by atomic mass is 9.97. The molecule has 0 aliphatic carbocycles. The lowest BCUT2D eigenvalue weighted by Crippen LogP contribution is -2.31. The van der Waals surface area contributed by atoms with E-state index in [2.05, 4.69) is 22.9 Å². The Labute approximate surface area is 230 Å². The second-order valence-electron chi connectivity index (χ2n) is 9.29. The first-order valence-corrected chi connectivity index (χ1v) is 13.8. The molecule has 0 N–H and O–H groups in total. The molecule has 1 atom stereocenters. The van der Waals surface area contributed by atoms with Gasteiger partial charge in [-0.3, -0.25) is 9.59 Å². The molecule has 1 aromatic heterocycles. The Bertz CT molecular complexity index is 1510. The number of hydrogen-bond acceptors (Lipinski definition) is 5. The summed E-state index contributed by atoms with van der Waals surface area (Å²) in [4.78, 5) is 29.3. The van der Waals surface area contributed by atoms with Crippen molar-refractivity contribution in [3.63, 3.8) is 0 Å². The quantitative estimate of drug-likeness (QED) is 0.192. The highest BCUT2D eigenvalue weighted by molar-refractivity contribution is 9.10. The Hall–Kier alpha value is -3.58. The number of fused-ring (bicyclic) bond motifs is 2. The molecule has 1 aliphatic rings. The van der Waals surface area contributed by atoms with Crippen molar-refractivity contribution in [1.29, 1.82) is 0 Å². The highest BCUT2D eigenvalue weighted by Gasteiger charge is 2.42. The molecule has 2 heterocycles. The zero-order chi connectivity index (χ0) is 26.6. The van der Waals surface area contributed by atoms with E-state index >= 15 is 0 Å². The molecule has 1 aliphatic heterocycles. The van der Waals surface area contributed by atoms with Crippen molar-refractivity contribution in [2.24, 2.45) is 0 Å². The molecular formula is C31H30BrNO5. The van der Waals surface area contributed by atoms with Crippen molar-refractivity contribution in [2.45, 2.75) is 39.2 Å². The van der Waals surface area contributed by atoms with Gasteiger partial charge in [0.25, 0.3) is 5.91 Å². The van der Waals surface area contributed by atoms with Crippen LogP contribution >= 0.6 is 15.9 Å². The van der Waals surface area contributed by atoms with Crippen LogP contribution in [0.25, 0.3) is 11.0 Å². The van der Waals surface area contributed by atoms with E-state index in [-0.39, 0.29) is 17.1 Å². The molecule has 4 aromatic rings. The van der Waals surface area contributed by atoms with E-state index in [4.69, 9.17) is 13.9 Å². The van der Waals surface area contributed by atoms with Crippen molar-refractivity contribution in [3.8, 4) is 11.5 Å². The summed E-state index contributed by atoms with van der Waals surface area (Å²) in [5.41, 5.74) is 2.43. The van der Waals surface area contributed by atoms with Crippen LogP contribution < -0.4 is 14.9 Å². The Morgan fingerprint density at radius 1 is 0.947 bits per heavy atom. The summed E-state index contributed by atoms with van der Waals surface area (Å²) in [5, 5.41) is 0.436. The predicted octanol–water partition coefficient (Wildman–Crippen LogP) is 6.92. The summed E-state index contributed by atoms with van der Waals surface area (Å²) in [6, 6.07) is 20.3. The van der Waals surface area contributed by atoms with Gasteiger partial charge in [0, 0.05) is 11.0 Å². The topological polar surface area (TPSA) is 69.0 Å². The van der Waals surface area contributed by atoms with E-state index in [1.165, 1.54) is 0 Å². The second kappa shape index (κ2) is 11.4. The molecule has 3 aromatic carbocycles. The number of hydrogen-bond donors (Lipinski definition) is 0. The van der Waals surface area contributed by atoms with Crippen LogP contribution in [-0.2, 0) is 6.42 Å². The van der Waals surface area contributed by atoms with E-state index < -0.39 is 6.04 Å². The molecule has 6 nitrogen and oxygen atoms in total. The van der Waals surface area contributed by atoms with Gasteiger partial charge in [0.15, 0.2) is 16.9 Å². The first-order chi connectivity index (χ1) is 18.5. The summed E-state index contributed by atoms with van der Waals surface area (Å²) in [6.07, 6.45) is 2.61. The summed E-state index contributed by atoms with van der Waals surface area (Å²) in [6.45, 7) is 5.51. The number of amides is 1. The van der Waals surface area contributed by atoms with Gasteiger partial charge >= 0.3 is 0 Å². The molecule has 1 unspecified atom stereocenters. The van der Waals surface area contributed by atoms with Gasteiger partial charge in [0.2, 0.25) is 5.76 Å². The lowest BCUT2D eigenvalue weighted by molar-refractivity contribution is 0.0729. The zero-order valence-corrected chi connectivity index (χ0v) is 23.1. The average molecular weight is 576 g/mol. The molecule has 0 saturated carbocycles. The van der Waals surface area contributed by atoms with Gasteiger partial charge in [-0.1, -0.05) is 65.7 Å². The summed E-state index contributed by atoms with van der Waals surface area (Å²) in [5.74, 6) is 1.06. The fraction of sp³-hybridized carbons (Fsp3) is 0.290. The van der Waals surface area contributed by atoms with E-state index in [1.54, 1.807) is 23.1 Å². The van der Waals surface area contributed by atoms with Crippen LogP contribution in [0.4, 0.5) is 0 Å². The molecule has 38 heavy (non-hydrogen) atoms. The van der Waals surface area contributed by atoms with Crippen LogP contribution in [0.15, 0.2) is 80.4 Å². The first-order valence-electron chi connectivity index (χ1n) is 13.0. The number of carbonyl (C=O) groups excluding carboxylic acids is 1. The third-order valence-electron chi connectivity index (χ3n) is 6.75. The number of unbranched alkanes of at least 4 members (excludes halogenated alkanes) is 1. The van der Waals surface area contributed by atoms with Crippen LogP contribution in [-0.4, -0.2) is 30.6 Å². The normalized spacial score (nSPS) is 14.7. The van der Waals surface area contributed by atoms with Crippen molar-refractivity contribution in [1.82, 2.24) is 4.90 Å². The van der Waals surface area contributed by atoms with Crippen LogP contribution in [0, 0.1) is 0 Å². The minimum absolute atomic E-state index is 0.101. The van der Waals surface area contributed by atoms with E-state index in [0.717, 1.165) is 28.4 Å². The maximum atomic E-state index is 13.9. The monoisotopic (exact) mass is 575 g/mol. The number of rotatable bonds is 10. The maximum Gasteiger partial charge on any atom is 0.290 e. The van der Waals surface area contributed by atoms with Crippen LogP contribution in [0.2, 0.25) is 0 Å². The number of benzene rings is 3. The van der Waals surface area contributed by atoms with Gasteiger partial charge in [-0.25, -0.2) is 0 Å². The Morgan fingerprint density at radius 3 is 2.53 bits per heavy atom.